The lowest BCUT2D eigenvalue weighted by molar-refractivity contribution is -0.129. The molecule has 0 saturated heterocycles. The van der Waals surface area contributed by atoms with E-state index in [2.05, 4.69) is 27.6 Å². The highest BCUT2D eigenvalue weighted by atomic mass is 127. The van der Waals surface area contributed by atoms with Crippen LogP contribution in [0.5, 0.6) is 11.5 Å². The number of hydrogen-bond donors (Lipinski definition) is 0. The summed E-state index contributed by atoms with van der Waals surface area (Å²) in [5.41, 5.74) is 2.82. The molecule has 0 aliphatic carbocycles. The highest BCUT2D eigenvalue weighted by Gasteiger charge is 2.24. The lowest BCUT2D eigenvalue weighted by atomic mass is 10.1. The molecular formula is C28H20INO4. The van der Waals surface area contributed by atoms with Gasteiger partial charge < -0.3 is 14.2 Å². The Hall–Kier alpha value is -3.65. The summed E-state index contributed by atoms with van der Waals surface area (Å²) in [6.45, 7) is 0.430. The quantitative estimate of drug-likeness (QED) is 0.156. The van der Waals surface area contributed by atoms with Crippen molar-refractivity contribution in [1.82, 2.24) is 0 Å². The molecule has 1 aliphatic rings. The molecular weight excluding hydrogens is 541 g/mol. The van der Waals surface area contributed by atoms with E-state index in [-0.39, 0.29) is 5.70 Å². The molecule has 34 heavy (non-hydrogen) atoms. The molecule has 0 spiro atoms. The first-order valence-electron chi connectivity index (χ1n) is 10.7. The Morgan fingerprint density at radius 2 is 1.71 bits per heavy atom. The van der Waals surface area contributed by atoms with Crippen LogP contribution in [0.4, 0.5) is 0 Å². The second-order valence-corrected chi connectivity index (χ2v) is 8.87. The Balaban J connectivity index is 1.42. The first-order chi connectivity index (χ1) is 16.6. The number of nitrogens with zero attached hydrogens (tertiary/aromatic N) is 1. The van der Waals surface area contributed by atoms with Crippen molar-refractivity contribution in [3.8, 4) is 11.5 Å². The van der Waals surface area contributed by atoms with Gasteiger partial charge in [0.15, 0.2) is 17.2 Å². The fourth-order valence-corrected chi connectivity index (χ4v) is 4.49. The second kappa shape index (κ2) is 9.69. The summed E-state index contributed by atoms with van der Waals surface area (Å²) in [7, 11) is 1.59. The van der Waals surface area contributed by atoms with Gasteiger partial charge in [-0.2, -0.15) is 0 Å². The molecule has 4 aromatic rings. The van der Waals surface area contributed by atoms with Crippen LogP contribution in [-0.2, 0) is 16.1 Å². The summed E-state index contributed by atoms with van der Waals surface area (Å²) in [5, 5.41) is 2.17. The van der Waals surface area contributed by atoms with Crippen LogP contribution in [0.3, 0.4) is 0 Å². The number of aliphatic imine (C=N–C) groups is 1. The van der Waals surface area contributed by atoms with Crippen LogP contribution >= 0.6 is 22.6 Å². The lowest BCUT2D eigenvalue weighted by Crippen LogP contribution is -2.05. The Labute approximate surface area is 210 Å². The number of carbonyl (C=O) groups is 1. The summed E-state index contributed by atoms with van der Waals surface area (Å²) in [5.74, 6) is 1.05. The molecule has 168 valence electrons. The van der Waals surface area contributed by atoms with Crippen LogP contribution in [0.25, 0.3) is 16.8 Å². The number of hydrogen-bond acceptors (Lipinski definition) is 5. The third kappa shape index (κ3) is 4.68. The maximum Gasteiger partial charge on any atom is 0.363 e. The Morgan fingerprint density at radius 3 is 2.50 bits per heavy atom. The third-order valence-corrected chi connectivity index (χ3v) is 6.20. The van der Waals surface area contributed by atoms with Crippen molar-refractivity contribution in [2.24, 2.45) is 4.99 Å². The fraction of sp³-hybridized carbons (Fsp3) is 0.0714. The van der Waals surface area contributed by atoms with Crippen molar-refractivity contribution >= 4 is 51.3 Å². The monoisotopic (exact) mass is 561 g/mol. The Morgan fingerprint density at radius 1 is 0.941 bits per heavy atom. The minimum absolute atomic E-state index is 0.235. The highest BCUT2D eigenvalue weighted by Crippen LogP contribution is 2.35. The third-order valence-electron chi connectivity index (χ3n) is 5.40. The smallest absolute Gasteiger partial charge is 0.363 e. The second-order valence-electron chi connectivity index (χ2n) is 7.71. The number of esters is 1. The van der Waals surface area contributed by atoms with Crippen LogP contribution in [0, 0.1) is 3.57 Å². The van der Waals surface area contributed by atoms with E-state index in [0.717, 1.165) is 31.0 Å². The van der Waals surface area contributed by atoms with Crippen molar-refractivity contribution in [1.29, 1.82) is 0 Å². The van der Waals surface area contributed by atoms with Gasteiger partial charge in [0.1, 0.15) is 6.61 Å². The molecule has 0 saturated carbocycles. The maximum absolute atomic E-state index is 12.5. The van der Waals surface area contributed by atoms with Crippen molar-refractivity contribution in [3.63, 3.8) is 0 Å². The number of halogens is 1. The first-order valence-corrected chi connectivity index (χ1v) is 11.7. The average Bonchev–Trinajstić information content (AvgIpc) is 3.23. The van der Waals surface area contributed by atoms with E-state index < -0.39 is 5.97 Å². The van der Waals surface area contributed by atoms with Gasteiger partial charge in [0.2, 0.25) is 5.90 Å². The van der Waals surface area contributed by atoms with E-state index in [9.17, 15) is 4.79 Å². The molecule has 5 rings (SSSR count). The number of benzene rings is 4. The SMILES string of the molecule is COc1cc(/C=C2\N=C(c3ccc4ccccc4c3)OC2=O)cc(I)c1OCc1ccccc1. The van der Waals surface area contributed by atoms with Gasteiger partial charge in [0, 0.05) is 5.56 Å². The summed E-state index contributed by atoms with van der Waals surface area (Å²) < 4.78 is 17.9. The van der Waals surface area contributed by atoms with Crippen LogP contribution in [0.15, 0.2) is 95.6 Å². The summed E-state index contributed by atoms with van der Waals surface area (Å²) >= 11 is 2.20. The summed E-state index contributed by atoms with van der Waals surface area (Å²) in [6, 6.07) is 27.6. The molecule has 0 bridgehead atoms. The topological polar surface area (TPSA) is 57.1 Å². The van der Waals surface area contributed by atoms with Crippen LogP contribution in [0.2, 0.25) is 0 Å². The van der Waals surface area contributed by atoms with Gasteiger partial charge >= 0.3 is 5.97 Å². The van der Waals surface area contributed by atoms with Crippen molar-refractivity contribution in [2.75, 3.05) is 7.11 Å². The Kier molecular flexibility index (Phi) is 6.31. The minimum atomic E-state index is -0.485. The molecule has 1 aliphatic heterocycles. The van der Waals surface area contributed by atoms with Crippen molar-refractivity contribution in [2.45, 2.75) is 6.61 Å². The van der Waals surface area contributed by atoms with E-state index in [1.807, 2.05) is 84.9 Å². The molecule has 0 radical (unpaired) electrons. The van der Waals surface area contributed by atoms with Gasteiger partial charge in [-0.05, 0) is 74.8 Å². The lowest BCUT2D eigenvalue weighted by Gasteiger charge is -2.13. The molecule has 6 heteroatoms. The zero-order valence-corrected chi connectivity index (χ0v) is 20.5. The number of rotatable bonds is 6. The number of carbonyl (C=O) groups excluding carboxylic acids is 1. The van der Waals surface area contributed by atoms with E-state index >= 15 is 0 Å². The van der Waals surface area contributed by atoms with Gasteiger partial charge in [-0.25, -0.2) is 9.79 Å². The predicted molar refractivity (Wildman–Crippen MR) is 141 cm³/mol. The summed E-state index contributed by atoms with van der Waals surface area (Å²) in [6.07, 6.45) is 1.70. The zero-order valence-electron chi connectivity index (χ0n) is 18.3. The van der Waals surface area contributed by atoms with Crippen LogP contribution in [0.1, 0.15) is 16.7 Å². The van der Waals surface area contributed by atoms with Gasteiger partial charge in [-0.3, -0.25) is 0 Å². The number of ether oxygens (including phenoxy) is 3. The number of methoxy groups -OCH3 is 1. The average molecular weight is 561 g/mol. The van der Waals surface area contributed by atoms with Gasteiger partial charge in [0.25, 0.3) is 0 Å². The number of cyclic esters (lactones) is 1. The molecule has 0 N–H and O–H groups in total. The highest BCUT2D eigenvalue weighted by molar-refractivity contribution is 14.1. The van der Waals surface area contributed by atoms with E-state index in [1.54, 1.807) is 13.2 Å². The van der Waals surface area contributed by atoms with Crippen molar-refractivity contribution < 1.29 is 19.0 Å². The maximum atomic E-state index is 12.5. The van der Waals surface area contributed by atoms with Crippen LogP contribution < -0.4 is 9.47 Å². The normalized spacial score (nSPS) is 14.2. The fourth-order valence-electron chi connectivity index (χ4n) is 3.71. The molecule has 0 amide bonds. The molecule has 0 fully saturated rings. The number of fused-ring (bicyclic) bond motifs is 1. The molecule has 0 atom stereocenters. The van der Waals surface area contributed by atoms with Gasteiger partial charge in [-0.15, -0.1) is 0 Å². The van der Waals surface area contributed by atoms with E-state index in [1.165, 1.54) is 0 Å². The minimum Gasteiger partial charge on any atom is -0.493 e. The largest absolute Gasteiger partial charge is 0.493 e. The van der Waals surface area contributed by atoms with Gasteiger partial charge in [0.05, 0.1) is 10.7 Å². The molecule has 0 unspecified atom stereocenters. The van der Waals surface area contributed by atoms with E-state index in [0.29, 0.717) is 24.0 Å². The van der Waals surface area contributed by atoms with Gasteiger partial charge in [-0.1, -0.05) is 60.7 Å². The van der Waals surface area contributed by atoms with E-state index in [4.69, 9.17) is 14.2 Å². The van der Waals surface area contributed by atoms with Crippen molar-refractivity contribution in [3.05, 3.63) is 111 Å². The molecule has 1 heterocycles. The predicted octanol–water partition coefficient (Wildman–Crippen LogP) is 6.38. The molecule has 5 nitrogen and oxygen atoms in total. The summed E-state index contributed by atoms with van der Waals surface area (Å²) in [4.78, 5) is 17.0. The zero-order chi connectivity index (χ0) is 23.5. The van der Waals surface area contributed by atoms with Crippen LogP contribution in [-0.4, -0.2) is 19.0 Å². The molecule has 4 aromatic carbocycles. The first kappa shape index (κ1) is 22.2. The Bertz CT molecular complexity index is 1440. The standard InChI is InChI=1S/C28H20INO4/c1-32-25-15-19(13-23(29)26(25)33-17-18-7-3-2-4-8-18)14-24-28(31)34-27(30-24)22-12-11-20-9-5-6-10-21(20)16-22/h2-16H,17H2,1H3/b24-14-. The molecule has 0 aromatic heterocycles.